The molecule has 1 atom stereocenters. The van der Waals surface area contributed by atoms with E-state index in [4.69, 9.17) is 0 Å². The first-order valence-electron chi connectivity index (χ1n) is 8.26. The number of hydrogen-bond acceptors (Lipinski definition) is 6. The van der Waals surface area contributed by atoms with E-state index in [1.54, 1.807) is 12.1 Å². The van der Waals surface area contributed by atoms with Gasteiger partial charge in [-0.05, 0) is 42.8 Å². The Morgan fingerprint density at radius 2 is 1.64 bits per heavy atom. The highest BCUT2D eigenvalue weighted by Gasteiger charge is 2.06. The lowest BCUT2D eigenvalue weighted by Crippen LogP contribution is -2.23. The van der Waals surface area contributed by atoms with Crippen molar-refractivity contribution in [3.8, 4) is 0 Å². The molecular weight excluding hydrogens is 320 g/mol. The maximum Gasteiger partial charge on any atom is 0.269 e. The van der Waals surface area contributed by atoms with E-state index in [0.717, 1.165) is 24.9 Å². The van der Waals surface area contributed by atoms with Crippen LogP contribution in [0.15, 0.2) is 58.8 Å². The second kappa shape index (κ2) is 9.48. The van der Waals surface area contributed by atoms with E-state index in [0.29, 0.717) is 11.4 Å². The number of aliphatic hydroxyl groups is 1. The fraction of sp³-hybridized carbons (Fsp3) is 0.333. The SMILES string of the molecule is CCCCC(CO)Nc1ccc(N=Nc2ccc([N+](=O)[O-])cc2)cc1. The molecule has 0 amide bonds. The van der Waals surface area contributed by atoms with Gasteiger partial charge in [0.2, 0.25) is 0 Å². The van der Waals surface area contributed by atoms with Crippen molar-refractivity contribution in [2.45, 2.75) is 32.2 Å². The predicted octanol–water partition coefficient (Wildman–Crippen LogP) is 4.97. The Hall–Kier alpha value is -2.80. The van der Waals surface area contributed by atoms with Gasteiger partial charge >= 0.3 is 0 Å². The summed E-state index contributed by atoms with van der Waals surface area (Å²) in [6.45, 7) is 2.22. The van der Waals surface area contributed by atoms with Crippen molar-refractivity contribution < 1.29 is 10.0 Å². The minimum absolute atomic E-state index is 0.0240. The van der Waals surface area contributed by atoms with Crippen LogP contribution in [0.5, 0.6) is 0 Å². The molecule has 2 rings (SSSR count). The Morgan fingerprint density at radius 3 is 2.12 bits per heavy atom. The molecule has 0 spiro atoms. The zero-order chi connectivity index (χ0) is 18.1. The minimum Gasteiger partial charge on any atom is -0.394 e. The fourth-order valence-corrected chi connectivity index (χ4v) is 2.28. The lowest BCUT2D eigenvalue weighted by Gasteiger charge is -2.17. The smallest absolute Gasteiger partial charge is 0.269 e. The average Bonchev–Trinajstić information content (AvgIpc) is 2.64. The second-order valence-electron chi connectivity index (χ2n) is 5.69. The van der Waals surface area contributed by atoms with Crippen LogP contribution in [0.3, 0.4) is 0 Å². The molecule has 2 aromatic rings. The standard InChI is InChI=1S/C18H22N4O3/c1-2-3-4-17(13-23)19-14-5-7-15(8-6-14)20-21-16-9-11-18(12-10-16)22(24)25/h5-12,17,19,23H,2-4,13H2,1H3. The van der Waals surface area contributed by atoms with Crippen molar-refractivity contribution in [1.82, 2.24) is 0 Å². The van der Waals surface area contributed by atoms with Crippen LogP contribution in [-0.4, -0.2) is 22.7 Å². The molecule has 0 aliphatic rings. The Labute approximate surface area is 146 Å². The summed E-state index contributed by atoms with van der Waals surface area (Å²) in [4.78, 5) is 10.2. The number of rotatable bonds is 9. The number of anilines is 1. The number of unbranched alkanes of at least 4 members (excludes halogenated alkanes) is 1. The summed E-state index contributed by atoms with van der Waals surface area (Å²) in [5.41, 5.74) is 2.17. The first-order valence-corrected chi connectivity index (χ1v) is 8.26. The molecule has 0 aliphatic carbocycles. The number of nitrogens with zero attached hydrogens (tertiary/aromatic N) is 3. The number of benzene rings is 2. The maximum absolute atomic E-state index is 10.6. The first-order chi connectivity index (χ1) is 12.1. The van der Waals surface area contributed by atoms with Crippen molar-refractivity contribution in [3.05, 3.63) is 58.6 Å². The van der Waals surface area contributed by atoms with Crippen LogP contribution < -0.4 is 5.32 Å². The van der Waals surface area contributed by atoms with Gasteiger partial charge in [0, 0.05) is 23.9 Å². The molecule has 25 heavy (non-hydrogen) atoms. The van der Waals surface area contributed by atoms with Gasteiger partial charge in [0.25, 0.3) is 5.69 Å². The molecule has 7 heteroatoms. The average molecular weight is 342 g/mol. The molecule has 1 unspecified atom stereocenters. The molecule has 0 heterocycles. The summed E-state index contributed by atoms with van der Waals surface area (Å²) >= 11 is 0. The van der Waals surface area contributed by atoms with Gasteiger partial charge < -0.3 is 10.4 Å². The first kappa shape index (κ1) is 18.5. The molecule has 0 radical (unpaired) electrons. The molecule has 0 bridgehead atoms. The zero-order valence-corrected chi connectivity index (χ0v) is 14.1. The zero-order valence-electron chi connectivity index (χ0n) is 14.1. The number of azo groups is 1. The molecule has 7 nitrogen and oxygen atoms in total. The van der Waals surface area contributed by atoms with Gasteiger partial charge in [-0.3, -0.25) is 10.1 Å². The molecule has 0 aromatic heterocycles. The minimum atomic E-state index is -0.452. The Balaban J connectivity index is 1.96. The van der Waals surface area contributed by atoms with E-state index in [1.807, 2.05) is 24.3 Å². The monoisotopic (exact) mass is 342 g/mol. The number of non-ortho nitro benzene ring substituents is 1. The lowest BCUT2D eigenvalue weighted by atomic mass is 10.1. The summed E-state index contributed by atoms with van der Waals surface area (Å²) in [6, 6.07) is 13.4. The summed E-state index contributed by atoms with van der Waals surface area (Å²) in [6.07, 6.45) is 3.09. The molecule has 0 saturated carbocycles. The van der Waals surface area contributed by atoms with Crippen molar-refractivity contribution in [3.63, 3.8) is 0 Å². The third-order valence-corrected chi connectivity index (χ3v) is 3.71. The van der Waals surface area contributed by atoms with Crippen LogP contribution in [0, 0.1) is 10.1 Å². The predicted molar refractivity (Wildman–Crippen MR) is 97.7 cm³/mol. The molecular formula is C18H22N4O3. The number of nitro groups is 1. The summed E-state index contributed by atoms with van der Waals surface area (Å²) < 4.78 is 0. The van der Waals surface area contributed by atoms with E-state index >= 15 is 0 Å². The van der Waals surface area contributed by atoms with Gasteiger partial charge in [-0.1, -0.05) is 19.8 Å². The van der Waals surface area contributed by atoms with Gasteiger partial charge in [0.15, 0.2) is 0 Å². The van der Waals surface area contributed by atoms with Crippen molar-refractivity contribution in [2.75, 3.05) is 11.9 Å². The topological polar surface area (TPSA) is 100 Å². The second-order valence-corrected chi connectivity index (χ2v) is 5.69. The third-order valence-electron chi connectivity index (χ3n) is 3.71. The van der Waals surface area contributed by atoms with Gasteiger partial charge in [0.1, 0.15) is 0 Å². The summed E-state index contributed by atoms with van der Waals surface area (Å²) in [5.74, 6) is 0. The summed E-state index contributed by atoms with van der Waals surface area (Å²) in [7, 11) is 0. The van der Waals surface area contributed by atoms with E-state index in [2.05, 4.69) is 22.5 Å². The van der Waals surface area contributed by atoms with Crippen molar-refractivity contribution >= 4 is 22.7 Å². The molecule has 132 valence electrons. The van der Waals surface area contributed by atoms with Crippen LogP contribution in [0.4, 0.5) is 22.7 Å². The Morgan fingerprint density at radius 1 is 1.08 bits per heavy atom. The highest BCUT2D eigenvalue weighted by atomic mass is 16.6. The van der Waals surface area contributed by atoms with Gasteiger partial charge in [-0.2, -0.15) is 10.2 Å². The number of aliphatic hydroxyl groups excluding tert-OH is 1. The van der Waals surface area contributed by atoms with Crippen LogP contribution in [-0.2, 0) is 0 Å². The van der Waals surface area contributed by atoms with Gasteiger partial charge in [0.05, 0.1) is 22.9 Å². The van der Waals surface area contributed by atoms with Gasteiger partial charge in [-0.25, -0.2) is 0 Å². The largest absolute Gasteiger partial charge is 0.394 e. The highest BCUT2D eigenvalue weighted by molar-refractivity contribution is 5.51. The third kappa shape index (κ3) is 5.96. The van der Waals surface area contributed by atoms with E-state index in [1.165, 1.54) is 12.1 Å². The quantitative estimate of drug-likeness (QED) is 0.381. The van der Waals surface area contributed by atoms with E-state index in [-0.39, 0.29) is 18.3 Å². The van der Waals surface area contributed by atoms with Gasteiger partial charge in [-0.15, -0.1) is 0 Å². The Bertz CT molecular complexity index is 699. The lowest BCUT2D eigenvalue weighted by molar-refractivity contribution is -0.384. The van der Waals surface area contributed by atoms with Crippen molar-refractivity contribution in [1.29, 1.82) is 0 Å². The number of hydrogen-bond donors (Lipinski definition) is 2. The fourth-order valence-electron chi connectivity index (χ4n) is 2.28. The van der Waals surface area contributed by atoms with Crippen LogP contribution >= 0.6 is 0 Å². The number of nitrogens with one attached hydrogen (secondary N) is 1. The highest BCUT2D eigenvalue weighted by Crippen LogP contribution is 2.22. The maximum atomic E-state index is 10.6. The van der Waals surface area contributed by atoms with E-state index in [9.17, 15) is 15.2 Å². The molecule has 0 fully saturated rings. The van der Waals surface area contributed by atoms with Crippen LogP contribution in [0.2, 0.25) is 0 Å². The molecule has 0 aliphatic heterocycles. The summed E-state index contributed by atoms with van der Waals surface area (Å²) in [5, 5.41) is 31.5. The van der Waals surface area contributed by atoms with E-state index < -0.39 is 4.92 Å². The molecule has 0 saturated heterocycles. The number of nitro benzene ring substituents is 1. The van der Waals surface area contributed by atoms with Crippen molar-refractivity contribution in [2.24, 2.45) is 10.2 Å². The molecule has 2 aromatic carbocycles. The normalized spacial score (nSPS) is 12.2. The van der Waals surface area contributed by atoms with Crippen LogP contribution in [0.25, 0.3) is 0 Å². The Kier molecular flexibility index (Phi) is 7.03. The van der Waals surface area contributed by atoms with Crippen LogP contribution in [0.1, 0.15) is 26.2 Å². The molecule has 2 N–H and O–H groups in total.